The molecule has 0 radical (unpaired) electrons. The van der Waals surface area contributed by atoms with Crippen molar-refractivity contribution in [1.29, 1.82) is 0 Å². The maximum Gasteiger partial charge on any atom is 0.243 e. The maximum atomic E-state index is 12.0. The van der Waals surface area contributed by atoms with Crippen LogP contribution in [0.4, 0.5) is 17.1 Å². The summed E-state index contributed by atoms with van der Waals surface area (Å²) in [6.07, 6.45) is 0. The van der Waals surface area contributed by atoms with E-state index < -0.39 is 0 Å². The van der Waals surface area contributed by atoms with E-state index in [0.717, 1.165) is 16.8 Å². The van der Waals surface area contributed by atoms with Crippen molar-refractivity contribution in [2.45, 2.75) is 20.8 Å². The van der Waals surface area contributed by atoms with Gasteiger partial charge in [0.1, 0.15) is 0 Å². The van der Waals surface area contributed by atoms with Gasteiger partial charge in [-0.1, -0.05) is 18.2 Å². The Morgan fingerprint density at radius 1 is 0.870 bits per heavy atom. The van der Waals surface area contributed by atoms with Crippen molar-refractivity contribution < 1.29 is 9.59 Å². The molecule has 2 aromatic rings. The predicted molar refractivity (Wildman–Crippen MR) is 93.8 cm³/mol. The molecule has 0 aromatic heterocycles. The molecule has 23 heavy (non-hydrogen) atoms. The summed E-state index contributed by atoms with van der Waals surface area (Å²) in [5.41, 5.74) is 4.59. The molecular weight excluding hydrogens is 290 g/mol. The van der Waals surface area contributed by atoms with E-state index in [-0.39, 0.29) is 18.4 Å². The van der Waals surface area contributed by atoms with E-state index in [1.807, 2.05) is 32.0 Å². The molecule has 2 amide bonds. The molecule has 2 rings (SSSR count). The predicted octanol–water partition coefficient (Wildman–Crippen LogP) is 3.31. The summed E-state index contributed by atoms with van der Waals surface area (Å²) in [5, 5.41) is 8.67. The molecule has 0 fully saturated rings. The summed E-state index contributed by atoms with van der Waals surface area (Å²) in [7, 11) is 0. The largest absolute Gasteiger partial charge is 0.376 e. The molecule has 0 spiro atoms. The number of carbonyl (C=O) groups is 2. The van der Waals surface area contributed by atoms with Crippen LogP contribution < -0.4 is 16.0 Å². The zero-order chi connectivity index (χ0) is 16.8. The summed E-state index contributed by atoms with van der Waals surface area (Å²) < 4.78 is 0. The Morgan fingerprint density at radius 2 is 1.39 bits per heavy atom. The Balaban J connectivity index is 1.91. The molecule has 2 aromatic carbocycles. The third-order valence-corrected chi connectivity index (χ3v) is 3.40. The minimum atomic E-state index is -0.125. The molecule has 3 N–H and O–H groups in total. The number of carbonyl (C=O) groups excluding carboxylic acids is 2. The van der Waals surface area contributed by atoms with Crippen LogP contribution in [-0.2, 0) is 9.59 Å². The number of anilines is 3. The van der Waals surface area contributed by atoms with Gasteiger partial charge in [0.2, 0.25) is 11.8 Å². The van der Waals surface area contributed by atoms with E-state index in [2.05, 4.69) is 16.0 Å². The number of aryl methyl sites for hydroxylation is 2. The van der Waals surface area contributed by atoms with Crippen LogP contribution in [0.15, 0.2) is 42.5 Å². The molecule has 0 atom stereocenters. The van der Waals surface area contributed by atoms with Gasteiger partial charge in [0.15, 0.2) is 0 Å². The third kappa shape index (κ3) is 4.85. The van der Waals surface area contributed by atoms with Gasteiger partial charge in [-0.05, 0) is 49.2 Å². The number of hydrogen-bond donors (Lipinski definition) is 3. The fourth-order valence-corrected chi connectivity index (χ4v) is 2.31. The van der Waals surface area contributed by atoms with Crippen LogP contribution in [0.5, 0.6) is 0 Å². The first-order chi connectivity index (χ1) is 11.0. The molecule has 0 saturated heterocycles. The first kappa shape index (κ1) is 16.5. The summed E-state index contributed by atoms with van der Waals surface area (Å²) in [6.45, 7) is 5.66. The number of benzene rings is 2. The quantitative estimate of drug-likeness (QED) is 0.793. The molecule has 0 heterocycles. The minimum Gasteiger partial charge on any atom is -0.376 e. The zero-order valence-electron chi connectivity index (χ0n) is 13.6. The van der Waals surface area contributed by atoms with Crippen molar-refractivity contribution in [3.8, 4) is 0 Å². The molecule has 120 valence electrons. The fourth-order valence-electron chi connectivity index (χ4n) is 2.31. The average Bonchev–Trinajstić information content (AvgIpc) is 2.48. The van der Waals surface area contributed by atoms with Crippen LogP contribution in [0, 0.1) is 13.8 Å². The van der Waals surface area contributed by atoms with Gasteiger partial charge in [-0.15, -0.1) is 0 Å². The van der Waals surface area contributed by atoms with Crippen molar-refractivity contribution in [2.75, 3.05) is 22.5 Å². The first-order valence-electron chi connectivity index (χ1n) is 7.43. The zero-order valence-corrected chi connectivity index (χ0v) is 13.6. The van der Waals surface area contributed by atoms with Crippen LogP contribution in [0.1, 0.15) is 18.1 Å². The average molecular weight is 311 g/mol. The number of amides is 2. The number of para-hydroxylation sites is 1. The minimum absolute atomic E-state index is 0.125. The van der Waals surface area contributed by atoms with E-state index >= 15 is 0 Å². The number of rotatable bonds is 5. The Bertz CT molecular complexity index is 688. The normalized spacial score (nSPS) is 10.0. The molecule has 0 aliphatic heterocycles. The Morgan fingerprint density at radius 3 is 1.91 bits per heavy atom. The van der Waals surface area contributed by atoms with Gasteiger partial charge >= 0.3 is 0 Å². The highest BCUT2D eigenvalue weighted by Gasteiger charge is 2.06. The lowest BCUT2D eigenvalue weighted by Crippen LogP contribution is -2.22. The number of hydrogen-bond acceptors (Lipinski definition) is 3. The lowest BCUT2D eigenvalue weighted by Gasteiger charge is -2.12. The highest BCUT2D eigenvalue weighted by atomic mass is 16.2. The Labute approximate surface area is 136 Å². The highest BCUT2D eigenvalue weighted by Crippen LogP contribution is 2.19. The molecule has 0 bridgehead atoms. The Kier molecular flexibility index (Phi) is 5.36. The second-order valence-electron chi connectivity index (χ2n) is 5.43. The van der Waals surface area contributed by atoms with Gasteiger partial charge in [-0.25, -0.2) is 0 Å². The van der Waals surface area contributed by atoms with Gasteiger partial charge in [-0.3, -0.25) is 9.59 Å². The standard InChI is InChI=1S/C18H21N3O2/c1-12-5-4-6-13(2)18(12)19-11-17(23)21-16-9-7-15(8-10-16)20-14(3)22/h4-10,19H,11H2,1-3H3,(H,20,22)(H,21,23). The van der Waals surface area contributed by atoms with Gasteiger partial charge < -0.3 is 16.0 Å². The summed E-state index contributed by atoms with van der Waals surface area (Å²) in [6, 6.07) is 13.0. The lowest BCUT2D eigenvalue weighted by atomic mass is 10.1. The van der Waals surface area contributed by atoms with E-state index in [9.17, 15) is 9.59 Å². The maximum absolute atomic E-state index is 12.0. The van der Waals surface area contributed by atoms with Gasteiger partial charge in [0.25, 0.3) is 0 Å². The molecule has 0 saturated carbocycles. The van der Waals surface area contributed by atoms with Crippen LogP contribution in [-0.4, -0.2) is 18.4 Å². The summed E-state index contributed by atoms with van der Waals surface area (Å²) >= 11 is 0. The first-order valence-corrected chi connectivity index (χ1v) is 7.43. The smallest absolute Gasteiger partial charge is 0.243 e. The van der Waals surface area contributed by atoms with E-state index in [1.165, 1.54) is 6.92 Å². The third-order valence-electron chi connectivity index (χ3n) is 3.40. The molecule has 0 aliphatic carbocycles. The lowest BCUT2D eigenvalue weighted by molar-refractivity contribution is -0.115. The molecule has 5 heteroatoms. The van der Waals surface area contributed by atoms with E-state index in [4.69, 9.17) is 0 Å². The van der Waals surface area contributed by atoms with Crippen LogP contribution in [0.3, 0.4) is 0 Å². The Hall–Kier alpha value is -2.82. The summed E-state index contributed by atoms with van der Waals surface area (Å²) in [5.74, 6) is -0.250. The van der Waals surface area contributed by atoms with Crippen molar-refractivity contribution >= 4 is 28.9 Å². The van der Waals surface area contributed by atoms with Gasteiger partial charge in [0, 0.05) is 24.0 Å². The summed E-state index contributed by atoms with van der Waals surface area (Å²) in [4.78, 5) is 23.0. The van der Waals surface area contributed by atoms with Crippen LogP contribution in [0.2, 0.25) is 0 Å². The molecular formula is C18H21N3O2. The topological polar surface area (TPSA) is 70.2 Å². The van der Waals surface area contributed by atoms with Crippen molar-refractivity contribution in [2.24, 2.45) is 0 Å². The number of nitrogens with one attached hydrogen (secondary N) is 3. The highest BCUT2D eigenvalue weighted by molar-refractivity contribution is 5.94. The van der Waals surface area contributed by atoms with Crippen molar-refractivity contribution in [3.63, 3.8) is 0 Å². The second kappa shape index (κ2) is 7.45. The van der Waals surface area contributed by atoms with E-state index in [0.29, 0.717) is 11.4 Å². The SMILES string of the molecule is CC(=O)Nc1ccc(NC(=O)CNc2c(C)cccc2C)cc1. The monoisotopic (exact) mass is 311 g/mol. The van der Waals surface area contributed by atoms with Gasteiger partial charge in [0.05, 0.1) is 6.54 Å². The van der Waals surface area contributed by atoms with Crippen LogP contribution >= 0.6 is 0 Å². The molecule has 5 nitrogen and oxygen atoms in total. The molecule has 0 unspecified atom stereocenters. The van der Waals surface area contributed by atoms with Crippen molar-refractivity contribution in [1.82, 2.24) is 0 Å². The fraction of sp³-hybridized carbons (Fsp3) is 0.222. The van der Waals surface area contributed by atoms with Gasteiger partial charge in [-0.2, -0.15) is 0 Å². The van der Waals surface area contributed by atoms with E-state index in [1.54, 1.807) is 24.3 Å². The molecule has 0 aliphatic rings. The second-order valence-corrected chi connectivity index (χ2v) is 5.43. The van der Waals surface area contributed by atoms with Crippen molar-refractivity contribution in [3.05, 3.63) is 53.6 Å². The van der Waals surface area contributed by atoms with Crippen LogP contribution in [0.25, 0.3) is 0 Å².